The molecule has 0 saturated heterocycles. The maximum Gasteiger partial charge on any atom is 0.211 e. The molecule has 2 aromatic heterocycles. The van der Waals surface area contributed by atoms with Gasteiger partial charge in [0.25, 0.3) is 0 Å². The fourth-order valence-electron chi connectivity index (χ4n) is 2.10. The smallest absolute Gasteiger partial charge is 0.211 e. The number of hydrogen-bond donors (Lipinski definition) is 0. The zero-order valence-electron chi connectivity index (χ0n) is 12.9. The van der Waals surface area contributed by atoms with Crippen LogP contribution in [0.25, 0.3) is 0 Å². The summed E-state index contributed by atoms with van der Waals surface area (Å²) >= 11 is 0. The van der Waals surface area contributed by atoms with Crippen molar-refractivity contribution in [1.82, 2.24) is 0 Å². The number of ether oxygens (including phenoxy) is 2. The summed E-state index contributed by atoms with van der Waals surface area (Å²) in [5.74, 6) is 1.80. The normalized spacial score (nSPS) is 9.36. The van der Waals surface area contributed by atoms with Crippen molar-refractivity contribution in [2.24, 2.45) is 0 Å². The SMILES string of the molecule is COc1ccc[n+](CCCC[n+]2cccc(OC)c2)c1.[I-].[I-]. The number of methoxy groups -OCH3 is 2. The first-order valence-corrected chi connectivity index (χ1v) is 6.88. The molecule has 0 amide bonds. The molecule has 0 aliphatic carbocycles. The molecule has 4 nitrogen and oxygen atoms in total. The van der Waals surface area contributed by atoms with E-state index in [1.807, 2.05) is 36.7 Å². The van der Waals surface area contributed by atoms with Gasteiger partial charge >= 0.3 is 0 Å². The molecule has 22 heavy (non-hydrogen) atoms. The molecule has 0 atom stereocenters. The second kappa shape index (κ2) is 11.9. The first kappa shape index (κ1) is 21.4. The Bertz CT molecular complexity index is 504. The minimum absolute atomic E-state index is 0. The Balaban J connectivity index is 0.00000220. The average Bonchev–Trinajstić information content (AvgIpc) is 2.52. The molecular weight excluding hydrogens is 506 g/mol. The summed E-state index contributed by atoms with van der Waals surface area (Å²) in [6.45, 7) is 2.00. The van der Waals surface area contributed by atoms with Gasteiger partial charge in [-0.1, -0.05) is 0 Å². The quantitative estimate of drug-likeness (QED) is 0.207. The minimum atomic E-state index is 0. The number of aryl methyl sites for hydroxylation is 2. The average molecular weight is 528 g/mol. The Hall–Kier alpha value is -0.640. The summed E-state index contributed by atoms with van der Waals surface area (Å²) in [6.07, 6.45) is 10.4. The van der Waals surface area contributed by atoms with Crippen LogP contribution in [-0.2, 0) is 13.1 Å². The van der Waals surface area contributed by atoms with Crippen LogP contribution in [0.5, 0.6) is 11.5 Å². The number of halogens is 2. The maximum atomic E-state index is 5.22. The van der Waals surface area contributed by atoms with Crippen molar-refractivity contribution in [2.45, 2.75) is 25.9 Å². The lowest BCUT2D eigenvalue weighted by atomic mass is 10.3. The van der Waals surface area contributed by atoms with E-state index in [1.54, 1.807) is 14.2 Å². The van der Waals surface area contributed by atoms with E-state index in [2.05, 4.69) is 21.5 Å². The van der Waals surface area contributed by atoms with Crippen molar-refractivity contribution >= 4 is 0 Å². The Labute approximate surface area is 166 Å². The maximum absolute atomic E-state index is 5.22. The van der Waals surface area contributed by atoms with Crippen LogP contribution in [0.3, 0.4) is 0 Å². The van der Waals surface area contributed by atoms with Gasteiger partial charge in [0.15, 0.2) is 23.9 Å². The molecule has 0 fully saturated rings. The van der Waals surface area contributed by atoms with Crippen molar-refractivity contribution in [2.75, 3.05) is 14.2 Å². The molecule has 0 spiro atoms. The van der Waals surface area contributed by atoms with Gasteiger partial charge in [0, 0.05) is 25.0 Å². The summed E-state index contributed by atoms with van der Waals surface area (Å²) in [4.78, 5) is 0. The van der Waals surface area contributed by atoms with E-state index in [4.69, 9.17) is 9.47 Å². The molecule has 0 unspecified atom stereocenters. The largest absolute Gasteiger partial charge is 1.00 e. The predicted molar refractivity (Wildman–Crippen MR) is 75.6 cm³/mol. The molecule has 0 aromatic carbocycles. The first-order valence-electron chi connectivity index (χ1n) is 6.88. The molecule has 0 saturated carbocycles. The first-order chi connectivity index (χ1) is 9.81. The highest BCUT2D eigenvalue weighted by molar-refractivity contribution is 5.12. The van der Waals surface area contributed by atoms with Crippen LogP contribution >= 0.6 is 0 Å². The van der Waals surface area contributed by atoms with Crippen LogP contribution in [0.2, 0.25) is 0 Å². The highest BCUT2D eigenvalue weighted by atomic mass is 127. The standard InChI is InChI=1S/C16H22N2O2.2HI/c1-19-15-7-5-11-17(13-15)9-3-4-10-18-12-6-8-16(14-18)20-2;;/h5-8,11-14H,3-4,9-10H2,1-2H3;2*1H/q+2;;/p-2. The van der Waals surface area contributed by atoms with Gasteiger partial charge < -0.3 is 57.4 Å². The molecular formula is C16H22I2N2O2. The molecule has 2 rings (SSSR count). The van der Waals surface area contributed by atoms with E-state index in [9.17, 15) is 0 Å². The van der Waals surface area contributed by atoms with Gasteiger partial charge in [-0.3, -0.25) is 0 Å². The second-order valence-corrected chi connectivity index (χ2v) is 4.67. The van der Waals surface area contributed by atoms with Crippen molar-refractivity contribution < 1.29 is 66.6 Å². The fourth-order valence-corrected chi connectivity index (χ4v) is 2.10. The van der Waals surface area contributed by atoms with Gasteiger partial charge in [-0.15, -0.1) is 0 Å². The number of pyridine rings is 2. The number of unbranched alkanes of at least 4 members (excludes halogenated alkanes) is 1. The molecule has 2 aromatic rings. The Morgan fingerprint density at radius 3 is 1.55 bits per heavy atom. The van der Waals surface area contributed by atoms with E-state index in [1.165, 1.54) is 0 Å². The number of hydrogen-bond acceptors (Lipinski definition) is 2. The lowest BCUT2D eigenvalue weighted by molar-refractivity contribution is -0.708. The second-order valence-electron chi connectivity index (χ2n) is 4.67. The zero-order valence-corrected chi connectivity index (χ0v) is 17.2. The number of nitrogens with zero attached hydrogens (tertiary/aromatic N) is 2. The molecule has 122 valence electrons. The van der Waals surface area contributed by atoms with Crippen LogP contribution in [0.4, 0.5) is 0 Å². The third-order valence-corrected chi connectivity index (χ3v) is 3.22. The number of rotatable bonds is 7. The monoisotopic (exact) mass is 528 g/mol. The summed E-state index contributed by atoms with van der Waals surface area (Å²) in [5, 5.41) is 0. The summed E-state index contributed by atoms with van der Waals surface area (Å²) < 4.78 is 14.8. The van der Waals surface area contributed by atoms with E-state index >= 15 is 0 Å². The van der Waals surface area contributed by atoms with E-state index in [-0.39, 0.29) is 48.0 Å². The lowest BCUT2D eigenvalue weighted by Gasteiger charge is -2.01. The topological polar surface area (TPSA) is 26.2 Å². The molecule has 6 heteroatoms. The molecule has 0 bridgehead atoms. The highest BCUT2D eigenvalue weighted by Gasteiger charge is 2.05. The van der Waals surface area contributed by atoms with Crippen molar-refractivity contribution in [3.05, 3.63) is 49.1 Å². The van der Waals surface area contributed by atoms with E-state index < -0.39 is 0 Å². The van der Waals surface area contributed by atoms with Crippen LogP contribution in [0.15, 0.2) is 49.1 Å². The van der Waals surface area contributed by atoms with Crippen LogP contribution in [0.1, 0.15) is 12.8 Å². The van der Waals surface area contributed by atoms with Gasteiger partial charge in [0.05, 0.1) is 14.2 Å². The Morgan fingerprint density at radius 1 is 0.773 bits per heavy atom. The van der Waals surface area contributed by atoms with Gasteiger partial charge in [0.1, 0.15) is 13.1 Å². The molecule has 2 heterocycles. The third kappa shape index (κ3) is 7.08. The van der Waals surface area contributed by atoms with Gasteiger partial charge in [-0.25, -0.2) is 9.13 Å². The molecule has 0 aliphatic heterocycles. The Morgan fingerprint density at radius 2 is 1.18 bits per heavy atom. The molecule has 0 radical (unpaired) electrons. The predicted octanol–water partition coefficient (Wildman–Crippen LogP) is -4.23. The summed E-state index contributed by atoms with van der Waals surface area (Å²) in [6, 6.07) is 7.94. The van der Waals surface area contributed by atoms with Crippen LogP contribution in [-0.4, -0.2) is 14.2 Å². The third-order valence-electron chi connectivity index (χ3n) is 3.22. The van der Waals surface area contributed by atoms with Crippen LogP contribution < -0.4 is 66.6 Å². The van der Waals surface area contributed by atoms with Gasteiger partial charge in [0.2, 0.25) is 12.4 Å². The van der Waals surface area contributed by atoms with Crippen molar-refractivity contribution in [1.29, 1.82) is 0 Å². The van der Waals surface area contributed by atoms with E-state index in [0.29, 0.717) is 0 Å². The van der Waals surface area contributed by atoms with Gasteiger partial charge in [-0.05, 0) is 12.1 Å². The zero-order chi connectivity index (χ0) is 14.2. The van der Waals surface area contributed by atoms with Crippen molar-refractivity contribution in [3.63, 3.8) is 0 Å². The van der Waals surface area contributed by atoms with E-state index in [0.717, 1.165) is 37.4 Å². The minimum Gasteiger partial charge on any atom is -1.00 e. The van der Waals surface area contributed by atoms with Gasteiger partial charge in [-0.2, -0.15) is 0 Å². The molecule has 0 aliphatic rings. The fraction of sp³-hybridized carbons (Fsp3) is 0.375. The summed E-state index contributed by atoms with van der Waals surface area (Å²) in [7, 11) is 3.39. The number of aromatic nitrogens is 2. The highest BCUT2D eigenvalue weighted by Crippen LogP contribution is 2.05. The lowest BCUT2D eigenvalue weighted by Crippen LogP contribution is -3.00. The molecule has 0 N–H and O–H groups in total. The Kier molecular flexibility index (Phi) is 11.5. The summed E-state index contributed by atoms with van der Waals surface area (Å²) in [5.41, 5.74) is 0. The van der Waals surface area contributed by atoms with Crippen molar-refractivity contribution in [3.8, 4) is 11.5 Å². The van der Waals surface area contributed by atoms with Crippen LogP contribution in [0, 0.1) is 0 Å².